The van der Waals surface area contributed by atoms with Crippen molar-refractivity contribution in [3.63, 3.8) is 0 Å². The van der Waals surface area contributed by atoms with Gasteiger partial charge < -0.3 is 4.98 Å². The predicted octanol–water partition coefficient (Wildman–Crippen LogP) is 1.16. The van der Waals surface area contributed by atoms with Crippen LogP contribution in [0.1, 0.15) is 27.0 Å². The van der Waals surface area contributed by atoms with E-state index in [2.05, 4.69) is 4.98 Å². The van der Waals surface area contributed by atoms with Gasteiger partial charge in [-0.05, 0) is 26.0 Å². The van der Waals surface area contributed by atoms with Gasteiger partial charge in [0, 0.05) is 16.0 Å². The number of aryl methyl sites for hydroxylation is 1. The van der Waals surface area contributed by atoms with Crippen LogP contribution in [0.25, 0.3) is 0 Å². The first-order chi connectivity index (χ1) is 8.49. The van der Waals surface area contributed by atoms with Crippen LogP contribution in [0.3, 0.4) is 0 Å². The van der Waals surface area contributed by atoms with Crippen LogP contribution in [0.4, 0.5) is 0 Å². The summed E-state index contributed by atoms with van der Waals surface area (Å²) in [4.78, 5) is 39.3. The second-order valence-electron chi connectivity index (χ2n) is 3.97. The summed E-state index contributed by atoms with van der Waals surface area (Å²) in [5.74, 6) is -0.354. The van der Waals surface area contributed by atoms with Gasteiger partial charge in [-0.25, -0.2) is 4.79 Å². The Bertz CT molecular complexity index is 709. The van der Waals surface area contributed by atoms with E-state index in [1.807, 2.05) is 19.1 Å². The van der Waals surface area contributed by atoms with Crippen LogP contribution in [0.15, 0.2) is 27.9 Å². The number of Topliss-reactive ketones (excluding diaryl/α,β-unsaturated/α-hetero) is 1. The van der Waals surface area contributed by atoms with Crippen LogP contribution in [-0.4, -0.2) is 15.3 Å². The second-order valence-corrected chi connectivity index (χ2v) is 5.34. The molecule has 0 aliphatic rings. The maximum Gasteiger partial charge on any atom is 0.328 e. The molecule has 94 valence electrons. The summed E-state index contributed by atoms with van der Waals surface area (Å²) in [5, 5.41) is 0. The molecule has 1 N–H and O–H groups in total. The van der Waals surface area contributed by atoms with Crippen LogP contribution in [-0.2, 0) is 6.54 Å². The number of nitrogens with one attached hydrogen (secondary N) is 1. The van der Waals surface area contributed by atoms with E-state index < -0.39 is 11.2 Å². The van der Waals surface area contributed by atoms with E-state index in [0.717, 1.165) is 14.3 Å². The molecule has 0 atom stereocenters. The first kappa shape index (κ1) is 12.5. The minimum absolute atomic E-state index is 0.00266. The third kappa shape index (κ3) is 2.33. The SMILES string of the molecule is CC(=O)c1c[nH]c(=O)n(Cc2ccc(C)s2)c1=O. The molecule has 0 aliphatic heterocycles. The normalized spacial score (nSPS) is 10.6. The van der Waals surface area contributed by atoms with Gasteiger partial charge in [0.1, 0.15) is 0 Å². The molecule has 0 unspecified atom stereocenters. The number of ketones is 1. The Morgan fingerprint density at radius 2 is 2.11 bits per heavy atom. The molecular weight excluding hydrogens is 252 g/mol. The molecule has 18 heavy (non-hydrogen) atoms. The lowest BCUT2D eigenvalue weighted by molar-refractivity contribution is 0.101. The van der Waals surface area contributed by atoms with Crippen molar-refractivity contribution in [2.24, 2.45) is 0 Å². The van der Waals surface area contributed by atoms with Gasteiger partial charge in [-0.1, -0.05) is 0 Å². The van der Waals surface area contributed by atoms with E-state index in [4.69, 9.17) is 0 Å². The lowest BCUT2D eigenvalue weighted by Crippen LogP contribution is -2.37. The molecule has 0 bridgehead atoms. The first-order valence-corrected chi connectivity index (χ1v) is 6.19. The number of aromatic amines is 1. The number of hydrogen-bond acceptors (Lipinski definition) is 4. The zero-order valence-corrected chi connectivity index (χ0v) is 10.8. The minimum Gasteiger partial charge on any atom is -0.313 e. The molecule has 2 aromatic rings. The summed E-state index contributed by atoms with van der Waals surface area (Å²) in [6.45, 7) is 3.44. The molecule has 0 spiro atoms. The molecule has 0 aliphatic carbocycles. The third-order valence-electron chi connectivity index (χ3n) is 2.55. The number of H-pyrrole nitrogens is 1. The molecular formula is C12H12N2O3S. The molecule has 2 aromatic heterocycles. The number of thiophene rings is 1. The number of hydrogen-bond donors (Lipinski definition) is 1. The largest absolute Gasteiger partial charge is 0.328 e. The van der Waals surface area contributed by atoms with E-state index in [0.29, 0.717) is 0 Å². The highest BCUT2D eigenvalue weighted by molar-refractivity contribution is 7.11. The number of rotatable bonds is 3. The Labute approximate surface area is 107 Å². The smallest absolute Gasteiger partial charge is 0.313 e. The van der Waals surface area contributed by atoms with E-state index >= 15 is 0 Å². The topological polar surface area (TPSA) is 71.9 Å². The first-order valence-electron chi connectivity index (χ1n) is 5.38. The van der Waals surface area contributed by atoms with Gasteiger partial charge in [0.15, 0.2) is 5.78 Å². The van der Waals surface area contributed by atoms with E-state index in [-0.39, 0.29) is 17.9 Å². The lowest BCUT2D eigenvalue weighted by Gasteiger charge is -2.03. The van der Waals surface area contributed by atoms with Crippen molar-refractivity contribution in [1.82, 2.24) is 9.55 Å². The van der Waals surface area contributed by atoms with Gasteiger partial charge >= 0.3 is 5.69 Å². The summed E-state index contributed by atoms with van der Waals surface area (Å²) in [6.07, 6.45) is 1.17. The summed E-state index contributed by atoms with van der Waals surface area (Å²) in [7, 11) is 0. The number of nitrogens with zero attached hydrogens (tertiary/aromatic N) is 1. The van der Waals surface area contributed by atoms with Crippen LogP contribution in [0, 0.1) is 6.92 Å². The average Bonchev–Trinajstić information content (AvgIpc) is 2.69. The lowest BCUT2D eigenvalue weighted by atomic mass is 10.2. The molecule has 0 radical (unpaired) electrons. The molecule has 0 aromatic carbocycles. The van der Waals surface area contributed by atoms with Gasteiger partial charge in [-0.3, -0.25) is 14.2 Å². The third-order valence-corrected chi connectivity index (χ3v) is 3.54. The van der Waals surface area contributed by atoms with E-state index in [1.165, 1.54) is 24.5 Å². The molecule has 0 amide bonds. The fraction of sp³-hybridized carbons (Fsp3) is 0.250. The maximum absolute atomic E-state index is 12.0. The number of carbonyl (C=O) groups is 1. The van der Waals surface area contributed by atoms with Crippen LogP contribution < -0.4 is 11.2 Å². The monoisotopic (exact) mass is 264 g/mol. The highest BCUT2D eigenvalue weighted by Gasteiger charge is 2.11. The van der Waals surface area contributed by atoms with Gasteiger partial charge in [0.25, 0.3) is 5.56 Å². The predicted molar refractivity (Wildman–Crippen MR) is 69.5 cm³/mol. The van der Waals surface area contributed by atoms with Crippen molar-refractivity contribution in [2.75, 3.05) is 0 Å². The Balaban J connectivity index is 2.50. The zero-order valence-electron chi connectivity index (χ0n) is 10.0. The number of carbonyl (C=O) groups excluding carboxylic acids is 1. The highest BCUT2D eigenvalue weighted by atomic mass is 32.1. The molecule has 0 fully saturated rings. The van der Waals surface area contributed by atoms with Crippen molar-refractivity contribution in [1.29, 1.82) is 0 Å². The summed E-state index contributed by atoms with van der Waals surface area (Å²) in [5.41, 5.74) is -1.05. The molecule has 6 heteroatoms. The maximum atomic E-state index is 12.0. The van der Waals surface area contributed by atoms with Crippen LogP contribution in [0.2, 0.25) is 0 Å². The summed E-state index contributed by atoms with van der Waals surface area (Å²) < 4.78 is 1.04. The molecule has 0 saturated heterocycles. The molecule has 5 nitrogen and oxygen atoms in total. The van der Waals surface area contributed by atoms with Crippen LogP contribution in [0.5, 0.6) is 0 Å². The Morgan fingerprint density at radius 3 is 2.67 bits per heavy atom. The Morgan fingerprint density at radius 1 is 1.39 bits per heavy atom. The van der Waals surface area contributed by atoms with Crippen LogP contribution >= 0.6 is 11.3 Å². The second kappa shape index (κ2) is 4.73. The van der Waals surface area contributed by atoms with E-state index in [1.54, 1.807) is 0 Å². The van der Waals surface area contributed by atoms with Gasteiger partial charge in [0.05, 0.1) is 12.1 Å². The summed E-state index contributed by atoms with van der Waals surface area (Å²) >= 11 is 1.52. The van der Waals surface area contributed by atoms with Gasteiger partial charge in [-0.2, -0.15) is 0 Å². The Hall–Kier alpha value is -1.95. The molecule has 0 saturated carbocycles. The average molecular weight is 264 g/mol. The quantitative estimate of drug-likeness (QED) is 0.845. The van der Waals surface area contributed by atoms with E-state index in [9.17, 15) is 14.4 Å². The molecule has 2 heterocycles. The minimum atomic E-state index is -0.544. The molecule has 2 rings (SSSR count). The van der Waals surface area contributed by atoms with Gasteiger partial charge in [0.2, 0.25) is 0 Å². The van der Waals surface area contributed by atoms with Crippen molar-refractivity contribution >= 4 is 17.1 Å². The Kier molecular flexibility index (Phi) is 3.29. The standard InChI is InChI=1S/C12H12N2O3S/c1-7-3-4-9(18-7)6-14-11(16)10(8(2)15)5-13-12(14)17/h3-5H,6H2,1-2H3,(H,13,17). The summed E-state index contributed by atoms with van der Waals surface area (Å²) in [6, 6.07) is 3.79. The fourth-order valence-corrected chi connectivity index (χ4v) is 2.51. The van der Waals surface area contributed by atoms with Crippen molar-refractivity contribution in [2.45, 2.75) is 20.4 Å². The van der Waals surface area contributed by atoms with Crippen molar-refractivity contribution in [3.05, 3.63) is 54.5 Å². The van der Waals surface area contributed by atoms with Gasteiger partial charge in [-0.15, -0.1) is 11.3 Å². The fourth-order valence-electron chi connectivity index (χ4n) is 1.63. The zero-order chi connectivity index (χ0) is 13.3. The van der Waals surface area contributed by atoms with Crippen molar-refractivity contribution < 1.29 is 4.79 Å². The highest BCUT2D eigenvalue weighted by Crippen LogP contribution is 2.15. The van der Waals surface area contributed by atoms with Crippen molar-refractivity contribution in [3.8, 4) is 0 Å². The number of aromatic nitrogens is 2.